The van der Waals surface area contributed by atoms with Crippen molar-refractivity contribution >= 4 is 33.2 Å². The van der Waals surface area contributed by atoms with Crippen LogP contribution in [0.4, 0.5) is 10.1 Å². The van der Waals surface area contributed by atoms with Crippen molar-refractivity contribution in [3.05, 3.63) is 57.3 Å². The van der Waals surface area contributed by atoms with Gasteiger partial charge in [-0.1, -0.05) is 33.6 Å². The Bertz CT molecular complexity index is 577. The second kappa shape index (κ2) is 5.59. The molecule has 0 radical (unpaired) electrons. The summed E-state index contributed by atoms with van der Waals surface area (Å²) in [5.41, 5.74) is 7.34. The smallest absolute Gasteiger partial charge is 0.142 e. The summed E-state index contributed by atoms with van der Waals surface area (Å²) in [6, 6.07) is 9.78. The van der Waals surface area contributed by atoms with Crippen molar-refractivity contribution in [1.82, 2.24) is 0 Å². The summed E-state index contributed by atoms with van der Waals surface area (Å²) in [6.07, 6.45) is 0. The van der Waals surface area contributed by atoms with Crippen molar-refractivity contribution in [2.75, 3.05) is 5.73 Å². The van der Waals surface area contributed by atoms with E-state index in [2.05, 4.69) is 15.9 Å². The van der Waals surface area contributed by atoms with E-state index < -0.39 is 5.82 Å². The number of hydrogen-bond donors (Lipinski definition) is 1. The SMILES string of the molecule is Nc1cc(Br)ccc1COc1ccc(F)c(Cl)c1. The van der Waals surface area contributed by atoms with Crippen LogP contribution in [0.3, 0.4) is 0 Å². The summed E-state index contributed by atoms with van der Waals surface area (Å²) in [6.45, 7) is 0.307. The number of benzene rings is 2. The van der Waals surface area contributed by atoms with Crippen LogP contribution in [-0.2, 0) is 6.61 Å². The highest BCUT2D eigenvalue weighted by Gasteiger charge is 2.04. The average Bonchev–Trinajstić information content (AvgIpc) is 2.32. The molecule has 0 amide bonds. The average molecular weight is 331 g/mol. The highest BCUT2D eigenvalue weighted by atomic mass is 79.9. The summed E-state index contributed by atoms with van der Waals surface area (Å²) in [5.74, 6) is 0.0379. The summed E-state index contributed by atoms with van der Waals surface area (Å²) in [7, 11) is 0. The van der Waals surface area contributed by atoms with Gasteiger partial charge in [-0.25, -0.2) is 4.39 Å². The lowest BCUT2D eigenvalue weighted by molar-refractivity contribution is 0.306. The van der Waals surface area contributed by atoms with Crippen LogP contribution in [0.2, 0.25) is 5.02 Å². The third kappa shape index (κ3) is 3.15. The molecule has 0 aliphatic heterocycles. The molecule has 94 valence electrons. The quantitative estimate of drug-likeness (QED) is 0.846. The van der Waals surface area contributed by atoms with Gasteiger partial charge in [0.2, 0.25) is 0 Å². The van der Waals surface area contributed by atoms with E-state index in [4.69, 9.17) is 22.1 Å². The van der Waals surface area contributed by atoms with Crippen molar-refractivity contribution in [2.24, 2.45) is 0 Å². The number of nitrogen functional groups attached to an aromatic ring is 1. The largest absolute Gasteiger partial charge is 0.489 e. The number of ether oxygens (including phenoxy) is 1. The molecule has 2 aromatic carbocycles. The maximum Gasteiger partial charge on any atom is 0.142 e. The van der Waals surface area contributed by atoms with Crippen LogP contribution in [0.15, 0.2) is 40.9 Å². The van der Waals surface area contributed by atoms with E-state index >= 15 is 0 Å². The summed E-state index contributed by atoms with van der Waals surface area (Å²) >= 11 is 8.99. The highest BCUT2D eigenvalue weighted by molar-refractivity contribution is 9.10. The van der Waals surface area contributed by atoms with Gasteiger partial charge < -0.3 is 10.5 Å². The third-order valence-electron chi connectivity index (χ3n) is 2.39. The molecular formula is C13H10BrClFNO. The Balaban J connectivity index is 2.09. The second-order valence-corrected chi connectivity index (χ2v) is 5.03. The molecule has 18 heavy (non-hydrogen) atoms. The number of nitrogens with two attached hydrogens (primary N) is 1. The predicted octanol–water partition coefficient (Wildman–Crippen LogP) is 4.40. The molecule has 0 heterocycles. The second-order valence-electron chi connectivity index (χ2n) is 3.71. The lowest BCUT2D eigenvalue weighted by Gasteiger charge is -2.09. The van der Waals surface area contributed by atoms with Crippen LogP contribution in [0.5, 0.6) is 5.75 Å². The summed E-state index contributed by atoms with van der Waals surface area (Å²) < 4.78 is 19.4. The van der Waals surface area contributed by atoms with E-state index in [1.165, 1.54) is 18.2 Å². The lowest BCUT2D eigenvalue weighted by Crippen LogP contribution is -2.00. The van der Waals surface area contributed by atoms with Gasteiger partial charge in [0.05, 0.1) is 5.02 Å². The van der Waals surface area contributed by atoms with E-state index in [1.54, 1.807) is 6.07 Å². The molecule has 0 fully saturated rings. The van der Waals surface area contributed by atoms with Gasteiger partial charge in [-0.15, -0.1) is 0 Å². The van der Waals surface area contributed by atoms with Gasteiger partial charge in [0.15, 0.2) is 0 Å². The number of anilines is 1. The van der Waals surface area contributed by atoms with Crippen molar-refractivity contribution < 1.29 is 9.13 Å². The van der Waals surface area contributed by atoms with Crippen molar-refractivity contribution in [3.8, 4) is 5.75 Å². The number of hydrogen-bond acceptors (Lipinski definition) is 2. The first-order chi connectivity index (χ1) is 8.56. The van der Waals surface area contributed by atoms with E-state index in [-0.39, 0.29) is 5.02 Å². The van der Waals surface area contributed by atoms with Crippen LogP contribution in [0.25, 0.3) is 0 Å². The normalized spacial score (nSPS) is 10.4. The summed E-state index contributed by atoms with van der Waals surface area (Å²) in [4.78, 5) is 0. The molecular weight excluding hydrogens is 321 g/mol. The Kier molecular flexibility index (Phi) is 4.09. The van der Waals surface area contributed by atoms with Crippen LogP contribution in [0.1, 0.15) is 5.56 Å². The Hall–Kier alpha value is -1.26. The van der Waals surface area contributed by atoms with E-state index in [0.29, 0.717) is 18.0 Å². The molecule has 0 bridgehead atoms. The van der Waals surface area contributed by atoms with Gasteiger partial charge in [-0.2, -0.15) is 0 Å². The number of rotatable bonds is 3. The van der Waals surface area contributed by atoms with Crippen LogP contribution in [0, 0.1) is 5.82 Å². The zero-order valence-corrected chi connectivity index (χ0v) is 11.6. The number of halogens is 3. The van der Waals surface area contributed by atoms with Crippen molar-refractivity contribution in [2.45, 2.75) is 6.61 Å². The fraction of sp³-hybridized carbons (Fsp3) is 0.0769. The van der Waals surface area contributed by atoms with Gasteiger partial charge in [0.1, 0.15) is 18.2 Å². The first-order valence-electron chi connectivity index (χ1n) is 5.18. The van der Waals surface area contributed by atoms with E-state index in [0.717, 1.165) is 10.0 Å². The zero-order valence-electron chi connectivity index (χ0n) is 9.29. The Morgan fingerprint density at radius 2 is 2.00 bits per heavy atom. The molecule has 0 unspecified atom stereocenters. The third-order valence-corrected chi connectivity index (χ3v) is 3.18. The standard InChI is InChI=1S/C13H10BrClFNO/c14-9-2-1-8(13(17)5-9)7-18-10-3-4-12(16)11(15)6-10/h1-6H,7,17H2. The van der Waals surface area contributed by atoms with Gasteiger partial charge >= 0.3 is 0 Å². The van der Waals surface area contributed by atoms with Crippen molar-refractivity contribution in [3.63, 3.8) is 0 Å². The van der Waals surface area contributed by atoms with Crippen LogP contribution < -0.4 is 10.5 Å². The maximum absolute atomic E-state index is 13.0. The molecule has 5 heteroatoms. The van der Waals surface area contributed by atoms with Gasteiger partial charge in [-0.05, 0) is 24.3 Å². The lowest BCUT2D eigenvalue weighted by atomic mass is 10.2. The molecule has 2 rings (SSSR count). The van der Waals surface area contributed by atoms with Gasteiger partial charge in [0, 0.05) is 21.8 Å². The van der Waals surface area contributed by atoms with Gasteiger partial charge in [-0.3, -0.25) is 0 Å². The molecule has 2 nitrogen and oxygen atoms in total. The Morgan fingerprint density at radius 3 is 2.67 bits per heavy atom. The first-order valence-corrected chi connectivity index (χ1v) is 6.35. The minimum Gasteiger partial charge on any atom is -0.489 e. The van der Waals surface area contributed by atoms with Crippen LogP contribution in [-0.4, -0.2) is 0 Å². The Morgan fingerprint density at radius 1 is 1.22 bits per heavy atom. The molecule has 2 N–H and O–H groups in total. The predicted molar refractivity (Wildman–Crippen MR) is 74.3 cm³/mol. The first kappa shape index (κ1) is 13.2. The topological polar surface area (TPSA) is 35.2 Å². The molecule has 0 aliphatic rings. The zero-order chi connectivity index (χ0) is 13.1. The van der Waals surface area contributed by atoms with E-state index in [1.807, 2.05) is 12.1 Å². The molecule has 0 aromatic heterocycles. The van der Waals surface area contributed by atoms with Crippen molar-refractivity contribution in [1.29, 1.82) is 0 Å². The van der Waals surface area contributed by atoms with Crippen LogP contribution >= 0.6 is 27.5 Å². The monoisotopic (exact) mass is 329 g/mol. The molecule has 0 spiro atoms. The minimum atomic E-state index is -0.466. The minimum absolute atomic E-state index is 0.0382. The maximum atomic E-state index is 13.0. The molecule has 0 aliphatic carbocycles. The Labute approximate surface area is 118 Å². The molecule has 0 saturated heterocycles. The van der Waals surface area contributed by atoms with E-state index in [9.17, 15) is 4.39 Å². The highest BCUT2D eigenvalue weighted by Crippen LogP contribution is 2.24. The fourth-order valence-electron chi connectivity index (χ4n) is 1.42. The molecule has 0 saturated carbocycles. The molecule has 0 atom stereocenters. The fourth-order valence-corrected chi connectivity index (χ4v) is 1.97. The summed E-state index contributed by atoms with van der Waals surface area (Å²) in [5, 5.41) is 0.0382. The molecule has 2 aromatic rings. The van der Waals surface area contributed by atoms with Gasteiger partial charge in [0.25, 0.3) is 0 Å².